The van der Waals surface area contributed by atoms with E-state index in [1.165, 1.54) is 83.4 Å². The molecule has 0 aliphatic heterocycles. The normalized spacial score (nSPS) is 18.0. The molecule has 0 aromatic carbocycles. The Morgan fingerprint density at radius 2 is 1.50 bits per heavy atom. The molecular formula is C23H46N3OOs. The van der Waals surface area contributed by atoms with E-state index in [1.54, 1.807) is 19.0 Å². The van der Waals surface area contributed by atoms with Gasteiger partial charge in [0.25, 0.3) is 0 Å². The third-order valence-electron chi connectivity index (χ3n) is 5.42. The maximum absolute atomic E-state index is 11.9. The average Bonchev–Trinajstić information content (AvgIpc) is 2.73. The van der Waals surface area contributed by atoms with Crippen molar-refractivity contribution in [3.63, 3.8) is 0 Å². The first-order valence-corrected chi connectivity index (χ1v) is 11.3. The first kappa shape index (κ1) is 29.8. The summed E-state index contributed by atoms with van der Waals surface area (Å²) < 4.78 is 0. The molecule has 2 N–H and O–H groups in total. The number of carbonyl (C=O) groups excluding carboxylic acids is 1. The van der Waals surface area contributed by atoms with Gasteiger partial charge in [0.1, 0.15) is 6.04 Å². The van der Waals surface area contributed by atoms with Gasteiger partial charge in [-0.05, 0) is 18.8 Å². The van der Waals surface area contributed by atoms with E-state index in [2.05, 4.69) is 18.8 Å². The van der Waals surface area contributed by atoms with Crippen molar-refractivity contribution < 1.29 is 24.6 Å². The van der Waals surface area contributed by atoms with E-state index in [-0.39, 0.29) is 31.7 Å². The van der Waals surface area contributed by atoms with E-state index in [0.717, 1.165) is 25.2 Å². The van der Waals surface area contributed by atoms with Crippen molar-refractivity contribution in [2.24, 2.45) is 16.6 Å². The van der Waals surface area contributed by atoms with Gasteiger partial charge < -0.3 is 17.6 Å². The number of hydrogen-bond acceptors (Lipinski definition) is 2. The number of nitrogens with zero attached hydrogens (tertiary/aromatic N) is 2. The molecule has 2 aliphatic carbocycles. The number of rotatable bonds is 6. The van der Waals surface area contributed by atoms with E-state index in [9.17, 15) is 4.79 Å². The van der Waals surface area contributed by atoms with Crippen molar-refractivity contribution in [1.82, 2.24) is 4.90 Å². The Balaban J connectivity index is 0. The maximum Gasteiger partial charge on any atom is 1.00 e. The standard InChI is InChI=1S/C13H25N3O.C6H12.C4H9.Os/c1-16(2)13(17)12(15-10-14)9-8-11-6-4-3-5-7-11;1-2-4-6-5-3-1;1-3-4-2;/h10-12H,3-9H2,1-2H3,(H2,14,15);1-6H2;1,3-4H2,2H3;/q;;-1;+1. The number of nitrogens with two attached hydrogens (primary N) is 1. The number of hydrogen-bond donors (Lipinski definition) is 1. The van der Waals surface area contributed by atoms with Crippen molar-refractivity contribution in [2.75, 3.05) is 14.1 Å². The molecule has 1 unspecified atom stereocenters. The van der Waals surface area contributed by atoms with Gasteiger partial charge in [0, 0.05) is 14.1 Å². The summed E-state index contributed by atoms with van der Waals surface area (Å²) >= 11 is 0. The van der Waals surface area contributed by atoms with E-state index < -0.39 is 0 Å². The Hall–Kier alpha value is -0.424. The quantitative estimate of drug-likeness (QED) is 0.251. The van der Waals surface area contributed by atoms with Crippen molar-refractivity contribution in [3.05, 3.63) is 6.92 Å². The zero-order valence-electron chi connectivity index (χ0n) is 18.8. The van der Waals surface area contributed by atoms with Crippen LogP contribution < -0.4 is 5.73 Å². The third kappa shape index (κ3) is 16.5. The van der Waals surface area contributed by atoms with Crippen LogP contribution in [0.3, 0.4) is 0 Å². The molecule has 0 spiro atoms. The molecule has 0 heterocycles. The first-order valence-electron chi connectivity index (χ1n) is 11.3. The third-order valence-corrected chi connectivity index (χ3v) is 5.42. The summed E-state index contributed by atoms with van der Waals surface area (Å²) in [6.45, 7) is 5.72. The van der Waals surface area contributed by atoms with Crippen molar-refractivity contribution in [1.29, 1.82) is 0 Å². The monoisotopic (exact) mass is 572 g/mol. The summed E-state index contributed by atoms with van der Waals surface area (Å²) in [5.41, 5.74) is 5.31. The molecule has 1 atom stereocenters. The van der Waals surface area contributed by atoms with Crippen LogP contribution in [0.1, 0.15) is 103 Å². The van der Waals surface area contributed by atoms with E-state index in [1.807, 2.05) is 0 Å². The average molecular weight is 571 g/mol. The maximum atomic E-state index is 11.9. The second kappa shape index (κ2) is 21.3. The Morgan fingerprint density at radius 3 is 1.86 bits per heavy atom. The molecule has 2 rings (SSSR count). The summed E-state index contributed by atoms with van der Waals surface area (Å²) in [7, 11) is 3.53. The first-order chi connectivity index (χ1) is 13.1. The van der Waals surface area contributed by atoms with E-state index in [4.69, 9.17) is 5.73 Å². The minimum Gasteiger partial charge on any atom is -0.390 e. The van der Waals surface area contributed by atoms with Crippen LogP contribution in [0.2, 0.25) is 0 Å². The SMILES string of the molecule is C1CCCCC1.CN(C)C(=O)C(CCC1CCCCC1)N=CN.[CH2-]CCC.[Os+]. The largest absolute Gasteiger partial charge is 1.00 e. The molecule has 1 amide bonds. The second-order valence-corrected chi connectivity index (χ2v) is 8.10. The van der Waals surface area contributed by atoms with Gasteiger partial charge in [-0.25, -0.2) is 0 Å². The zero-order valence-corrected chi connectivity index (χ0v) is 21.3. The minimum atomic E-state index is -0.281. The van der Waals surface area contributed by atoms with Gasteiger partial charge in [0.2, 0.25) is 5.91 Å². The topological polar surface area (TPSA) is 58.7 Å². The van der Waals surface area contributed by atoms with E-state index >= 15 is 0 Å². The van der Waals surface area contributed by atoms with Gasteiger partial charge in [0.05, 0.1) is 6.34 Å². The molecule has 0 aromatic heterocycles. The van der Waals surface area contributed by atoms with Crippen molar-refractivity contribution in [2.45, 2.75) is 109 Å². The fourth-order valence-electron chi connectivity index (χ4n) is 3.59. The van der Waals surface area contributed by atoms with Crippen LogP contribution >= 0.6 is 0 Å². The molecule has 0 aromatic rings. The number of likely N-dealkylation sites (N-methyl/N-ethyl adjacent to an activating group) is 1. The molecule has 1 radical (unpaired) electrons. The Labute approximate surface area is 188 Å². The molecule has 2 aliphatic rings. The van der Waals surface area contributed by atoms with Crippen LogP contribution in [-0.4, -0.2) is 37.3 Å². The molecule has 167 valence electrons. The van der Waals surface area contributed by atoms with Gasteiger partial charge in [-0.2, -0.15) is 6.42 Å². The molecule has 2 saturated carbocycles. The molecule has 28 heavy (non-hydrogen) atoms. The summed E-state index contributed by atoms with van der Waals surface area (Å²) in [5, 5.41) is 0. The van der Waals surface area contributed by atoms with Gasteiger partial charge in [-0.15, -0.1) is 0 Å². The Morgan fingerprint density at radius 1 is 1.07 bits per heavy atom. The molecule has 2 fully saturated rings. The smallest absolute Gasteiger partial charge is 0.390 e. The minimum absolute atomic E-state index is 0. The number of aliphatic imine (C=N–C) groups is 1. The van der Waals surface area contributed by atoms with Gasteiger partial charge in [0.15, 0.2) is 0 Å². The van der Waals surface area contributed by atoms with Crippen LogP contribution in [-0.2, 0) is 24.6 Å². The number of unbranched alkanes of at least 4 members (excludes halogenated alkanes) is 1. The predicted molar refractivity (Wildman–Crippen MR) is 119 cm³/mol. The van der Waals surface area contributed by atoms with Crippen LogP contribution in [0, 0.1) is 12.8 Å². The van der Waals surface area contributed by atoms with Crippen LogP contribution in [0.5, 0.6) is 0 Å². The van der Waals surface area contributed by atoms with Gasteiger partial charge >= 0.3 is 19.8 Å². The van der Waals surface area contributed by atoms with Gasteiger partial charge in [-0.1, -0.05) is 84.0 Å². The fourth-order valence-corrected chi connectivity index (χ4v) is 3.59. The zero-order chi connectivity index (χ0) is 20.3. The van der Waals surface area contributed by atoms with E-state index in [0.29, 0.717) is 0 Å². The molecule has 4 nitrogen and oxygen atoms in total. The molecule has 0 bridgehead atoms. The summed E-state index contributed by atoms with van der Waals surface area (Å²) in [5.74, 6) is 0.844. The van der Waals surface area contributed by atoms with Crippen molar-refractivity contribution >= 4 is 12.2 Å². The molecule has 5 heteroatoms. The van der Waals surface area contributed by atoms with Crippen LogP contribution in [0.15, 0.2) is 4.99 Å². The predicted octanol–water partition coefficient (Wildman–Crippen LogP) is 5.75. The molecular weight excluding hydrogens is 525 g/mol. The second-order valence-electron chi connectivity index (χ2n) is 8.10. The summed E-state index contributed by atoms with van der Waals surface area (Å²) in [4.78, 5) is 17.5. The van der Waals surface area contributed by atoms with Crippen molar-refractivity contribution in [3.8, 4) is 0 Å². The van der Waals surface area contributed by atoms with Gasteiger partial charge in [-0.3, -0.25) is 9.79 Å². The Kier molecular flexibility index (Phi) is 22.6. The summed E-state index contributed by atoms with van der Waals surface area (Å²) in [6.07, 6.45) is 21.2. The fraction of sp³-hybridized carbons (Fsp3) is 0.870. The molecule has 0 saturated heterocycles. The number of amides is 1. The van der Waals surface area contributed by atoms with Crippen LogP contribution in [0.25, 0.3) is 0 Å². The summed E-state index contributed by atoms with van der Waals surface area (Å²) in [6, 6.07) is -0.281. The Bertz CT molecular complexity index is 351. The number of carbonyl (C=O) groups is 1. The van der Waals surface area contributed by atoms with Crippen LogP contribution in [0.4, 0.5) is 0 Å².